The molecule has 0 atom stereocenters. The zero-order chi connectivity index (χ0) is 17.2. The van der Waals surface area contributed by atoms with Crippen molar-refractivity contribution in [3.8, 4) is 0 Å². The molecule has 0 spiro atoms. The monoisotopic (exact) mass is 345 g/mol. The highest BCUT2D eigenvalue weighted by atomic mass is 16.5. The third-order valence-electron chi connectivity index (χ3n) is 5.59. The summed E-state index contributed by atoms with van der Waals surface area (Å²) in [5.41, 5.74) is 0.318. The number of carbonyl (C=O) groups is 2. The van der Waals surface area contributed by atoms with Gasteiger partial charge in [-0.15, -0.1) is 0 Å². The molecule has 3 aliphatic rings. The second-order valence-electron chi connectivity index (χ2n) is 7.86. The molecule has 3 saturated carbocycles. The van der Waals surface area contributed by atoms with Gasteiger partial charge in [-0.05, 0) is 44.4 Å². The SMILES string of the molecule is O=C(NCC1CC1)c1cc(CN(C(=O)C2CC2)C2CCCCC2)on1. The minimum absolute atomic E-state index is 0.181. The van der Waals surface area contributed by atoms with Crippen molar-refractivity contribution in [3.05, 3.63) is 17.5 Å². The van der Waals surface area contributed by atoms with Gasteiger partial charge in [0.05, 0.1) is 6.54 Å². The van der Waals surface area contributed by atoms with Crippen molar-refractivity contribution in [1.29, 1.82) is 0 Å². The molecule has 0 saturated heterocycles. The molecule has 1 N–H and O–H groups in total. The maximum Gasteiger partial charge on any atom is 0.273 e. The Morgan fingerprint density at radius 3 is 2.56 bits per heavy atom. The summed E-state index contributed by atoms with van der Waals surface area (Å²) < 4.78 is 5.38. The molecule has 0 bridgehead atoms. The van der Waals surface area contributed by atoms with E-state index < -0.39 is 0 Å². The van der Waals surface area contributed by atoms with Crippen LogP contribution in [0.2, 0.25) is 0 Å². The van der Waals surface area contributed by atoms with Gasteiger partial charge in [0.2, 0.25) is 5.91 Å². The molecule has 1 aromatic heterocycles. The zero-order valence-corrected chi connectivity index (χ0v) is 14.7. The molecule has 0 unspecified atom stereocenters. The Morgan fingerprint density at radius 1 is 1.12 bits per heavy atom. The lowest BCUT2D eigenvalue weighted by atomic mass is 9.93. The minimum Gasteiger partial charge on any atom is -0.359 e. The van der Waals surface area contributed by atoms with Crippen LogP contribution in [0.1, 0.15) is 74.0 Å². The van der Waals surface area contributed by atoms with Gasteiger partial charge in [0.15, 0.2) is 11.5 Å². The fourth-order valence-electron chi connectivity index (χ4n) is 3.66. The van der Waals surface area contributed by atoms with E-state index in [0.29, 0.717) is 30.0 Å². The maximum atomic E-state index is 12.7. The van der Waals surface area contributed by atoms with E-state index >= 15 is 0 Å². The van der Waals surface area contributed by atoms with E-state index in [1.165, 1.54) is 32.1 Å². The van der Waals surface area contributed by atoms with Crippen LogP contribution >= 0.6 is 0 Å². The normalized spacial score (nSPS) is 21.1. The fraction of sp³-hybridized carbons (Fsp3) is 0.737. The van der Waals surface area contributed by atoms with Gasteiger partial charge < -0.3 is 14.7 Å². The van der Waals surface area contributed by atoms with Crippen molar-refractivity contribution in [2.45, 2.75) is 70.4 Å². The van der Waals surface area contributed by atoms with Gasteiger partial charge in [-0.3, -0.25) is 9.59 Å². The van der Waals surface area contributed by atoms with E-state index in [4.69, 9.17) is 4.52 Å². The zero-order valence-electron chi connectivity index (χ0n) is 14.7. The van der Waals surface area contributed by atoms with Gasteiger partial charge in [0.1, 0.15) is 0 Å². The first-order chi connectivity index (χ1) is 12.2. The summed E-state index contributed by atoms with van der Waals surface area (Å²) in [4.78, 5) is 26.8. The minimum atomic E-state index is -0.181. The van der Waals surface area contributed by atoms with Crippen LogP contribution in [0.3, 0.4) is 0 Å². The van der Waals surface area contributed by atoms with Gasteiger partial charge >= 0.3 is 0 Å². The Morgan fingerprint density at radius 2 is 1.88 bits per heavy atom. The van der Waals surface area contributed by atoms with Crippen molar-refractivity contribution >= 4 is 11.8 Å². The average Bonchev–Trinajstić information content (AvgIpc) is 3.56. The number of hydrogen-bond donors (Lipinski definition) is 1. The topological polar surface area (TPSA) is 75.4 Å². The van der Waals surface area contributed by atoms with E-state index in [9.17, 15) is 9.59 Å². The van der Waals surface area contributed by atoms with Crippen LogP contribution in [0.25, 0.3) is 0 Å². The maximum absolute atomic E-state index is 12.7. The first kappa shape index (κ1) is 16.6. The highest BCUT2D eigenvalue weighted by Crippen LogP contribution is 2.34. The highest BCUT2D eigenvalue weighted by molar-refractivity contribution is 5.92. The molecular weight excluding hydrogens is 318 g/mol. The quantitative estimate of drug-likeness (QED) is 0.824. The summed E-state index contributed by atoms with van der Waals surface area (Å²) in [6.07, 6.45) is 10.2. The second-order valence-corrected chi connectivity index (χ2v) is 7.86. The van der Waals surface area contributed by atoms with Gasteiger partial charge in [-0.1, -0.05) is 24.4 Å². The van der Waals surface area contributed by atoms with Crippen LogP contribution < -0.4 is 5.32 Å². The first-order valence-electron chi connectivity index (χ1n) is 9.75. The standard InChI is InChI=1S/C19H27N3O3/c23-18(20-11-13-6-7-13)17-10-16(25-21-17)12-22(19(24)14-8-9-14)15-4-2-1-3-5-15/h10,13-15H,1-9,11-12H2,(H,20,23). The Labute approximate surface area is 148 Å². The number of aromatic nitrogens is 1. The fourth-order valence-corrected chi connectivity index (χ4v) is 3.66. The van der Waals surface area contributed by atoms with Gasteiger partial charge in [0, 0.05) is 24.6 Å². The van der Waals surface area contributed by atoms with Crippen LogP contribution in [0.5, 0.6) is 0 Å². The Balaban J connectivity index is 1.40. The lowest BCUT2D eigenvalue weighted by Crippen LogP contribution is -2.41. The number of amides is 2. The number of nitrogens with one attached hydrogen (secondary N) is 1. The predicted octanol–water partition coefficient (Wildman–Crippen LogP) is 2.89. The molecule has 0 radical (unpaired) electrons. The van der Waals surface area contributed by atoms with Crippen molar-refractivity contribution < 1.29 is 14.1 Å². The first-order valence-corrected chi connectivity index (χ1v) is 9.75. The largest absolute Gasteiger partial charge is 0.359 e. The van der Waals surface area contributed by atoms with Crippen LogP contribution in [-0.2, 0) is 11.3 Å². The van der Waals surface area contributed by atoms with Crippen molar-refractivity contribution in [2.75, 3.05) is 6.54 Å². The van der Waals surface area contributed by atoms with Crippen LogP contribution in [-0.4, -0.2) is 34.5 Å². The molecule has 2 amide bonds. The average molecular weight is 345 g/mol. The molecule has 6 nitrogen and oxygen atoms in total. The summed E-state index contributed by atoms with van der Waals surface area (Å²) in [5.74, 6) is 1.51. The number of hydrogen-bond acceptors (Lipinski definition) is 4. The molecule has 6 heteroatoms. The van der Waals surface area contributed by atoms with Gasteiger partial charge in [0.25, 0.3) is 5.91 Å². The lowest BCUT2D eigenvalue weighted by molar-refractivity contribution is -0.136. The summed E-state index contributed by atoms with van der Waals surface area (Å²) in [5, 5.41) is 6.81. The van der Waals surface area contributed by atoms with Gasteiger partial charge in [-0.25, -0.2) is 0 Å². The Kier molecular flexibility index (Phi) is 4.77. The molecule has 3 aliphatic carbocycles. The highest BCUT2D eigenvalue weighted by Gasteiger charge is 2.37. The predicted molar refractivity (Wildman–Crippen MR) is 91.7 cm³/mol. The summed E-state index contributed by atoms with van der Waals surface area (Å²) in [6.45, 7) is 1.15. The number of rotatable bonds is 7. The van der Waals surface area contributed by atoms with Crippen molar-refractivity contribution in [1.82, 2.24) is 15.4 Å². The van der Waals surface area contributed by atoms with Crippen LogP contribution in [0, 0.1) is 11.8 Å². The third-order valence-corrected chi connectivity index (χ3v) is 5.59. The van der Waals surface area contributed by atoms with Crippen LogP contribution in [0.4, 0.5) is 0 Å². The van der Waals surface area contributed by atoms with E-state index in [0.717, 1.165) is 32.2 Å². The molecule has 25 heavy (non-hydrogen) atoms. The van der Waals surface area contributed by atoms with E-state index in [2.05, 4.69) is 10.5 Å². The molecule has 4 rings (SSSR count). The van der Waals surface area contributed by atoms with E-state index in [1.54, 1.807) is 6.07 Å². The summed E-state index contributed by atoms with van der Waals surface area (Å²) in [6, 6.07) is 2.00. The van der Waals surface area contributed by atoms with Crippen LogP contribution in [0.15, 0.2) is 10.6 Å². The number of carbonyl (C=O) groups excluding carboxylic acids is 2. The number of nitrogens with zero attached hydrogens (tertiary/aromatic N) is 2. The summed E-state index contributed by atoms with van der Waals surface area (Å²) in [7, 11) is 0. The lowest BCUT2D eigenvalue weighted by Gasteiger charge is -2.34. The van der Waals surface area contributed by atoms with E-state index in [1.807, 2.05) is 4.90 Å². The molecular formula is C19H27N3O3. The smallest absolute Gasteiger partial charge is 0.273 e. The second kappa shape index (κ2) is 7.18. The molecule has 1 aromatic rings. The summed E-state index contributed by atoms with van der Waals surface area (Å²) >= 11 is 0. The Bertz CT molecular complexity index is 628. The Hall–Kier alpha value is -1.85. The molecule has 3 fully saturated rings. The molecule has 136 valence electrons. The molecule has 0 aliphatic heterocycles. The van der Waals surface area contributed by atoms with Crippen molar-refractivity contribution in [2.24, 2.45) is 11.8 Å². The third kappa shape index (κ3) is 4.22. The molecule has 1 heterocycles. The van der Waals surface area contributed by atoms with Gasteiger partial charge in [-0.2, -0.15) is 0 Å². The molecule has 0 aromatic carbocycles. The van der Waals surface area contributed by atoms with E-state index in [-0.39, 0.29) is 17.7 Å². The van der Waals surface area contributed by atoms with Crippen molar-refractivity contribution in [3.63, 3.8) is 0 Å².